The largest absolute Gasteiger partial charge is 0.480 e. The third kappa shape index (κ3) is 18.2. The number of hydrogen-bond donors (Lipinski definition) is 8. The Morgan fingerprint density at radius 2 is 1.55 bits per heavy atom. The van der Waals surface area contributed by atoms with Crippen LogP contribution in [-0.4, -0.2) is 118 Å². The minimum absolute atomic E-state index is 0.0341. The number of nitrogens with zero attached hydrogens (tertiary/aromatic N) is 3. The lowest BCUT2D eigenvalue weighted by atomic mass is 10.1. The maximum absolute atomic E-state index is 13.9. The van der Waals surface area contributed by atoms with Crippen molar-refractivity contribution in [3.05, 3.63) is 46.0 Å². The molecule has 0 saturated carbocycles. The van der Waals surface area contributed by atoms with Crippen LogP contribution < -0.4 is 37.7 Å². The van der Waals surface area contributed by atoms with Gasteiger partial charge in [-0.15, -0.1) is 0 Å². The fraction of sp³-hybridized carbons (Fsp3) is 0.611. The Bertz CT molecular complexity index is 1620. The number of carboxylic acids is 1. The summed E-state index contributed by atoms with van der Waals surface area (Å²) in [6.07, 6.45) is 0.00748. The molecular weight excluding hydrogens is 764 g/mol. The van der Waals surface area contributed by atoms with Crippen molar-refractivity contribution in [2.75, 3.05) is 19.6 Å². The SMILES string of the molecule is C[C@H](NC(=O)OC(C)(C)C)C(=O)N[C@@H](CCCN=C(N)N[N+](=O)[O-])C(=O)N1CCC[C@H]1C(=O)N[C@@H](C)C(=O)N[C@@H](CCCCNC(=O)OCc1ccccc1)C(=O)O. The molecule has 0 bridgehead atoms. The fourth-order valence-electron chi connectivity index (χ4n) is 5.60. The van der Waals surface area contributed by atoms with Gasteiger partial charge in [0.2, 0.25) is 23.6 Å². The Hall–Kier alpha value is -6.22. The number of benzene rings is 1. The number of nitrogens with one attached hydrogen (secondary N) is 6. The number of carbonyl (C=O) groups excluding carboxylic acids is 6. The van der Waals surface area contributed by atoms with E-state index in [9.17, 15) is 48.8 Å². The van der Waals surface area contributed by atoms with Crippen LogP contribution in [0.3, 0.4) is 0 Å². The lowest BCUT2D eigenvalue weighted by molar-refractivity contribution is -0.525. The molecule has 1 fully saturated rings. The molecule has 322 valence electrons. The van der Waals surface area contributed by atoms with Crippen molar-refractivity contribution in [2.24, 2.45) is 10.7 Å². The average molecular weight is 821 g/mol. The first-order valence-electron chi connectivity index (χ1n) is 18.9. The molecule has 1 aromatic carbocycles. The third-order valence-corrected chi connectivity index (χ3v) is 8.49. The second-order valence-electron chi connectivity index (χ2n) is 14.5. The summed E-state index contributed by atoms with van der Waals surface area (Å²) >= 11 is 0. The summed E-state index contributed by atoms with van der Waals surface area (Å²) in [5.41, 5.74) is 7.14. The second-order valence-corrected chi connectivity index (χ2v) is 14.5. The molecule has 0 radical (unpaired) electrons. The van der Waals surface area contributed by atoms with Crippen molar-refractivity contribution < 1.29 is 53.2 Å². The van der Waals surface area contributed by atoms with Crippen LogP contribution in [0.15, 0.2) is 35.3 Å². The minimum atomic E-state index is -1.29. The van der Waals surface area contributed by atoms with Crippen LogP contribution in [0.25, 0.3) is 0 Å². The molecule has 5 atom stereocenters. The van der Waals surface area contributed by atoms with Gasteiger partial charge in [-0.25, -0.2) is 29.5 Å². The predicted molar refractivity (Wildman–Crippen MR) is 207 cm³/mol. The zero-order valence-electron chi connectivity index (χ0n) is 33.4. The van der Waals surface area contributed by atoms with E-state index in [4.69, 9.17) is 15.2 Å². The number of carbonyl (C=O) groups is 7. The fourth-order valence-corrected chi connectivity index (χ4v) is 5.60. The standard InChI is InChI=1S/C36H56N10O12/c1-22(28(47)43-26(32(51)52)15-9-10-18-39-34(53)57-21-24-13-7-6-8-14-24)40-30(49)27-17-12-20-45(27)31(50)25(16-11-19-38-33(37)44-46(55)56)42-29(48)23(2)41-35(54)58-36(3,4)5/h6-8,13-14,22-23,25-27H,9-12,15-21H2,1-5H3,(H,39,53)(H,40,49)(H,41,54)(H,42,48)(H,43,47)(H,51,52)(H3,37,38,44)/t22-,23-,25-,26-,27-/m0/s1. The Morgan fingerprint density at radius 1 is 0.931 bits per heavy atom. The number of alkyl carbamates (subject to hydrolysis) is 2. The average Bonchev–Trinajstić information content (AvgIpc) is 3.63. The van der Waals surface area contributed by atoms with Crippen LogP contribution in [0.2, 0.25) is 0 Å². The number of nitro groups is 1. The summed E-state index contributed by atoms with van der Waals surface area (Å²) in [7, 11) is 0. The van der Waals surface area contributed by atoms with Crippen molar-refractivity contribution in [3.8, 4) is 0 Å². The van der Waals surface area contributed by atoms with E-state index in [1.54, 1.807) is 26.2 Å². The van der Waals surface area contributed by atoms with E-state index >= 15 is 0 Å². The van der Waals surface area contributed by atoms with Gasteiger partial charge >= 0.3 is 18.2 Å². The van der Waals surface area contributed by atoms with E-state index in [-0.39, 0.29) is 51.9 Å². The maximum atomic E-state index is 13.9. The third-order valence-electron chi connectivity index (χ3n) is 8.49. The summed E-state index contributed by atoms with van der Waals surface area (Å²) in [5.74, 6) is -4.60. The number of hydrazine groups is 1. The molecule has 0 aliphatic carbocycles. The quantitative estimate of drug-likeness (QED) is 0.0274. The van der Waals surface area contributed by atoms with Gasteiger partial charge in [-0.05, 0) is 85.1 Å². The number of carboxylic acid groups (broad SMARTS) is 1. The van der Waals surface area contributed by atoms with Gasteiger partial charge in [0.15, 0.2) is 5.03 Å². The molecule has 9 N–H and O–H groups in total. The summed E-state index contributed by atoms with van der Waals surface area (Å²) in [6.45, 7) is 8.05. The second kappa shape index (κ2) is 23.8. The van der Waals surface area contributed by atoms with Crippen molar-refractivity contribution >= 4 is 47.7 Å². The van der Waals surface area contributed by atoms with Crippen molar-refractivity contribution in [1.82, 2.24) is 36.9 Å². The summed E-state index contributed by atoms with van der Waals surface area (Å²) in [5, 5.41) is 32.0. The first kappa shape index (κ1) is 47.9. The van der Waals surface area contributed by atoms with E-state index in [0.29, 0.717) is 19.3 Å². The van der Waals surface area contributed by atoms with Crippen LogP contribution >= 0.6 is 0 Å². The molecule has 58 heavy (non-hydrogen) atoms. The number of aliphatic carboxylic acids is 1. The van der Waals surface area contributed by atoms with Crippen LogP contribution in [0.5, 0.6) is 0 Å². The van der Waals surface area contributed by atoms with Gasteiger partial charge in [0, 0.05) is 19.6 Å². The number of likely N-dealkylation sites (tertiary alicyclic amines) is 1. The van der Waals surface area contributed by atoms with Crippen LogP contribution in [0, 0.1) is 10.1 Å². The number of unbranched alkanes of at least 4 members (excludes halogenated alkanes) is 1. The van der Waals surface area contributed by atoms with Gasteiger partial charge in [-0.2, -0.15) is 0 Å². The van der Waals surface area contributed by atoms with E-state index in [1.165, 1.54) is 18.7 Å². The smallest absolute Gasteiger partial charge is 0.408 e. The molecular formula is C36H56N10O12. The molecule has 1 aromatic rings. The highest BCUT2D eigenvalue weighted by Gasteiger charge is 2.39. The van der Waals surface area contributed by atoms with Crippen molar-refractivity contribution in [3.63, 3.8) is 0 Å². The first-order chi connectivity index (χ1) is 27.3. The molecule has 2 rings (SSSR count). The number of ether oxygens (including phenoxy) is 2. The number of aliphatic imine (C=N–C) groups is 1. The Labute approximate surface area is 335 Å². The van der Waals surface area contributed by atoms with Crippen LogP contribution in [0.1, 0.15) is 85.1 Å². The van der Waals surface area contributed by atoms with Gasteiger partial charge in [-0.3, -0.25) is 19.2 Å². The van der Waals surface area contributed by atoms with E-state index in [2.05, 4.69) is 31.6 Å². The molecule has 1 aliphatic heterocycles. The highest BCUT2D eigenvalue weighted by atomic mass is 16.7. The lowest BCUT2D eigenvalue weighted by Gasteiger charge is -2.30. The highest BCUT2D eigenvalue weighted by molar-refractivity contribution is 5.96. The molecule has 0 aromatic heterocycles. The van der Waals surface area contributed by atoms with E-state index < -0.39 is 88.6 Å². The maximum Gasteiger partial charge on any atom is 0.408 e. The normalized spacial score (nSPS) is 16.1. The molecule has 6 amide bonds. The predicted octanol–water partition coefficient (Wildman–Crippen LogP) is 0.422. The number of nitrogens with two attached hydrogens (primary N) is 1. The molecule has 22 heteroatoms. The van der Waals surface area contributed by atoms with Gasteiger partial charge in [0.05, 0.1) is 0 Å². The Balaban J connectivity index is 1.98. The van der Waals surface area contributed by atoms with E-state index in [0.717, 1.165) is 5.56 Å². The van der Waals surface area contributed by atoms with Crippen molar-refractivity contribution in [2.45, 2.75) is 122 Å². The number of rotatable bonds is 21. The summed E-state index contributed by atoms with van der Waals surface area (Å²) in [4.78, 5) is 105. The van der Waals surface area contributed by atoms with Gasteiger partial charge in [0.1, 0.15) is 42.4 Å². The first-order valence-corrected chi connectivity index (χ1v) is 18.9. The zero-order valence-corrected chi connectivity index (χ0v) is 33.4. The highest BCUT2D eigenvalue weighted by Crippen LogP contribution is 2.20. The topological polar surface area (TPSA) is 315 Å². The molecule has 1 saturated heterocycles. The van der Waals surface area contributed by atoms with Crippen LogP contribution in [-0.2, 0) is 40.1 Å². The molecule has 1 heterocycles. The van der Waals surface area contributed by atoms with Gasteiger partial charge in [0.25, 0.3) is 5.96 Å². The Kier molecular flexibility index (Phi) is 19.6. The van der Waals surface area contributed by atoms with Gasteiger partial charge < -0.3 is 51.8 Å². The molecule has 0 unspecified atom stereocenters. The minimum Gasteiger partial charge on any atom is -0.480 e. The monoisotopic (exact) mass is 820 g/mol. The Morgan fingerprint density at radius 3 is 2.17 bits per heavy atom. The number of amides is 6. The lowest BCUT2D eigenvalue weighted by Crippen LogP contribution is -2.58. The van der Waals surface area contributed by atoms with Gasteiger partial charge in [-0.1, -0.05) is 35.8 Å². The van der Waals surface area contributed by atoms with E-state index in [1.807, 2.05) is 30.3 Å². The molecule has 0 spiro atoms. The summed E-state index contributed by atoms with van der Waals surface area (Å²) < 4.78 is 10.3. The number of guanidine groups is 1. The molecule has 1 aliphatic rings. The van der Waals surface area contributed by atoms with Crippen molar-refractivity contribution in [1.29, 1.82) is 0 Å². The number of hydrogen-bond acceptors (Lipinski definition) is 12. The van der Waals surface area contributed by atoms with Crippen LogP contribution in [0.4, 0.5) is 9.59 Å². The zero-order chi connectivity index (χ0) is 43.4. The summed E-state index contributed by atoms with van der Waals surface area (Å²) in [6, 6.07) is 3.22. The molecule has 22 nitrogen and oxygen atoms in total.